The molecule has 2 aliphatic heterocycles. The molecule has 0 saturated carbocycles. The number of imidazole rings is 1. The predicted molar refractivity (Wildman–Crippen MR) is 148 cm³/mol. The number of sulfonamides is 1. The number of anilines is 1. The summed E-state index contributed by atoms with van der Waals surface area (Å²) < 4.78 is 68.1. The molecule has 0 radical (unpaired) electrons. The molecule has 1 aromatic carbocycles. The van der Waals surface area contributed by atoms with E-state index >= 15 is 0 Å². The summed E-state index contributed by atoms with van der Waals surface area (Å²) in [4.78, 5) is 14.4. The molecule has 222 valence electrons. The highest BCUT2D eigenvalue weighted by Crippen LogP contribution is 2.36. The van der Waals surface area contributed by atoms with Crippen LogP contribution in [0, 0.1) is 0 Å². The average molecular weight is 614 g/mol. The van der Waals surface area contributed by atoms with Crippen LogP contribution in [0.15, 0.2) is 36.9 Å². The number of alkyl halides is 3. The number of nitrogens with zero attached hydrogens (tertiary/aromatic N) is 6. The highest BCUT2D eigenvalue weighted by molar-refractivity contribution is 7.88. The number of halogens is 4. The zero-order valence-corrected chi connectivity index (χ0v) is 24.1. The molecule has 2 fully saturated rings. The average Bonchev–Trinajstić information content (AvgIpc) is 3.49. The number of hydrogen-bond donors (Lipinski definition) is 2. The van der Waals surface area contributed by atoms with Crippen molar-refractivity contribution < 1.29 is 26.7 Å². The lowest BCUT2D eigenvalue weighted by molar-refractivity contribution is -0.137. The molecule has 4 heterocycles. The van der Waals surface area contributed by atoms with Gasteiger partial charge in [-0.1, -0.05) is 17.7 Å². The van der Waals surface area contributed by atoms with Gasteiger partial charge in [-0.3, -0.25) is 4.90 Å². The molecule has 0 aliphatic carbocycles. The van der Waals surface area contributed by atoms with Crippen LogP contribution >= 0.6 is 11.6 Å². The van der Waals surface area contributed by atoms with Gasteiger partial charge in [0.2, 0.25) is 16.0 Å². The van der Waals surface area contributed by atoms with Gasteiger partial charge in [-0.2, -0.15) is 13.2 Å². The Hall–Kier alpha value is -2.78. The van der Waals surface area contributed by atoms with Crippen molar-refractivity contribution in [3.8, 4) is 17.1 Å². The van der Waals surface area contributed by atoms with Gasteiger partial charge in [-0.05, 0) is 43.9 Å². The molecule has 15 heteroatoms. The van der Waals surface area contributed by atoms with Crippen molar-refractivity contribution in [2.24, 2.45) is 0 Å². The molecule has 0 amide bonds. The molecule has 41 heavy (non-hydrogen) atoms. The quantitative estimate of drug-likeness (QED) is 0.414. The van der Waals surface area contributed by atoms with E-state index in [1.165, 1.54) is 16.8 Å². The Morgan fingerprint density at radius 1 is 1.20 bits per heavy atom. The molecule has 2 aliphatic rings. The molecule has 0 unspecified atom stereocenters. The Labute approximate surface area is 241 Å². The van der Waals surface area contributed by atoms with Crippen molar-refractivity contribution in [2.75, 3.05) is 37.8 Å². The molecule has 0 spiro atoms. The zero-order chi connectivity index (χ0) is 29.6. The van der Waals surface area contributed by atoms with Crippen molar-refractivity contribution >= 4 is 27.6 Å². The monoisotopic (exact) mass is 613 g/mol. The van der Waals surface area contributed by atoms with Crippen LogP contribution in [-0.4, -0.2) is 86.3 Å². The largest absolute Gasteiger partial charge is 0.420 e. The van der Waals surface area contributed by atoms with Crippen LogP contribution in [0.4, 0.5) is 19.1 Å². The third kappa shape index (κ3) is 7.00. The SMILES string of the molecule is C[C@]1(O)CCN(Cc2ccc(-n3cnc(-c4nc(NC5CCN(S(C)(=O)=O)CC5)ncc4C(F)(F)F)c3)c(Cl)c2)C1. The molecule has 3 aromatic rings. The Bertz CT molecular complexity index is 1520. The summed E-state index contributed by atoms with van der Waals surface area (Å²) in [5.41, 5.74) is -0.627. The van der Waals surface area contributed by atoms with E-state index in [4.69, 9.17) is 11.6 Å². The van der Waals surface area contributed by atoms with Gasteiger partial charge in [0.25, 0.3) is 0 Å². The first-order valence-electron chi connectivity index (χ1n) is 13.1. The minimum Gasteiger partial charge on any atom is -0.389 e. The summed E-state index contributed by atoms with van der Waals surface area (Å²) in [5, 5.41) is 13.7. The van der Waals surface area contributed by atoms with E-state index in [0.29, 0.717) is 56.2 Å². The van der Waals surface area contributed by atoms with E-state index in [9.17, 15) is 26.7 Å². The third-order valence-electron chi connectivity index (χ3n) is 7.40. The van der Waals surface area contributed by atoms with Gasteiger partial charge in [0.1, 0.15) is 23.3 Å². The Morgan fingerprint density at radius 2 is 1.93 bits per heavy atom. The summed E-state index contributed by atoms with van der Waals surface area (Å²) in [6.45, 7) is 4.36. The van der Waals surface area contributed by atoms with Crippen LogP contribution in [0.1, 0.15) is 37.3 Å². The van der Waals surface area contributed by atoms with Crippen LogP contribution in [-0.2, 0) is 22.7 Å². The topological polar surface area (TPSA) is 116 Å². The molecule has 2 saturated heterocycles. The van der Waals surface area contributed by atoms with Crippen LogP contribution in [0.2, 0.25) is 5.02 Å². The third-order valence-corrected chi connectivity index (χ3v) is 9.01. The van der Waals surface area contributed by atoms with Crippen LogP contribution in [0.25, 0.3) is 17.1 Å². The van der Waals surface area contributed by atoms with Crippen molar-refractivity contribution in [1.82, 2.24) is 28.7 Å². The molecular weight excluding hydrogens is 583 g/mol. The number of benzene rings is 1. The highest BCUT2D eigenvalue weighted by atomic mass is 35.5. The number of rotatable bonds is 7. The molecule has 1 atom stereocenters. The lowest BCUT2D eigenvalue weighted by Crippen LogP contribution is -2.42. The van der Waals surface area contributed by atoms with E-state index in [0.717, 1.165) is 24.6 Å². The maximum atomic E-state index is 13.9. The molecule has 2 N–H and O–H groups in total. The number of hydrogen-bond acceptors (Lipinski definition) is 8. The fourth-order valence-corrected chi connectivity index (χ4v) is 6.41. The van der Waals surface area contributed by atoms with E-state index in [1.807, 2.05) is 13.0 Å². The van der Waals surface area contributed by atoms with Crippen molar-refractivity contribution in [1.29, 1.82) is 0 Å². The molecule has 0 bridgehead atoms. The van der Waals surface area contributed by atoms with Crippen molar-refractivity contribution in [3.63, 3.8) is 0 Å². The standard InChI is InChI=1S/C26H31ClF3N7O3S/c1-25(38)7-10-35(15-25)13-17-3-4-22(20(27)11-17)36-14-21(32-16-36)23-19(26(28,29)30)12-31-24(34-23)33-18-5-8-37(9-6-18)41(2,39)40/h3-4,11-12,14,16,18,38H,5-10,13,15H2,1-2H3,(H,31,33,34)/t25-/m0/s1. The first-order chi connectivity index (χ1) is 19.2. The van der Waals surface area contributed by atoms with E-state index in [2.05, 4.69) is 25.2 Å². The van der Waals surface area contributed by atoms with Crippen LogP contribution in [0.5, 0.6) is 0 Å². The molecule has 2 aromatic heterocycles. The van der Waals surface area contributed by atoms with Gasteiger partial charge < -0.3 is 15.0 Å². The van der Waals surface area contributed by atoms with Gasteiger partial charge in [0.15, 0.2) is 0 Å². The maximum absolute atomic E-state index is 13.9. The molecular formula is C26H31ClF3N7O3S. The molecule has 5 rings (SSSR count). The van der Waals surface area contributed by atoms with Gasteiger partial charge in [-0.25, -0.2) is 27.7 Å². The van der Waals surface area contributed by atoms with Crippen molar-refractivity contribution in [2.45, 2.75) is 50.6 Å². The van der Waals surface area contributed by atoms with E-state index < -0.39 is 27.4 Å². The van der Waals surface area contributed by atoms with Gasteiger partial charge in [0, 0.05) is 51.2 Å². The Morgan fingerprint density at radius 3 is 2.54 bits per heavy atom. The fourth-order valence-electron chi connectivity index (χ4n) is 5.24. The molecule has 10 nitrogen and oxygen atoms in total. The van der Waals surface area contributed by atoms with Gasteiger partial charge in [0.05, 0.1) is 22.6 Å². The number of aliphatic hydroxyl groups is 1. The van der Waals surface area contributed by atoms with Crippen molar-refractivity contribution in [3.05, 3.63) is 53.1 Å². The van der Waals surface area contributed by atoms with Gasteiger partial charge in [-0.15, -0.1) is 0 Å². The highest BCUT2D eigenvalue weighted by Gasteiger charge is 2.36. The van der Waals surface area contributed by atoms with Crippen LogP contribution in [0.3, 0.4) is 0 Å². The second kappa shape index (κ2) is 11.1. The second-order valence-corrected chi connectivity index (χ2v) is 13.3. The summed E-state index contributed by atoms with van der Waals surface area (Å²) in [6.07, 6.45) is 1.60. The normalized spacial score (nSPS) is 21.4. The smallest absolute Gasteiger partial charge is 0.389 e. The van der Waals surface area contributed by atoms with E-state index in [1.54, 1.807) is 16.7 Å². The van der Waals surface area contributed by atoms with E-state index in [-0.39, 0.29) is 23.4 Å². The summed E-state index contributed by atoms with van der Waals surface area (Å²) in [5.74, 6) is 0.00336. The first kappa shape index (κ1) is 29.7. The lowest BCUT2D eigenvalue weighted by Gasteiger charge is -2.30. The van der Waals surface area contributed by atoms with Crippen LogP contribution < -0.4 is 5.32 Å². The maximum Gasteiger partial charge on any atom is 0.420 e. The lowest BCUT2D eigenvalue weighted by atomic mass is 10.1. The summed E-state index contributed by atoms with van der Waals surface area (Å²) >= 11 is 6.56. The number of aromatic nitrogens is 4. The number of β-amino-alcohol motifs (C(OH)–C–C–N with tert-alkyl or cyclic N) is 1. The predicted octanol–water partition coefficient (Wildman–Crippen LogP) is 3.79. The number of nitrogens with one attached hydrogen (secondary N) is 1. The zero-order valence-electron chi connectivity index (χ0n) is 22.6. The van der Waals surface area contributed by atoms with Gasteiger partial charge >= 0.3 is 6.18 Å². The minimum atomic E-state index is -4.71. The summed E-state index contributed by atoms with van der Waals surface area (Å²) in [7, 11) is -3.30. The minimum absolute atomic E-state index is 0.00336. The fraction of sp³-hybridized carbons (Fsp3) is 0.500. The second-order valence-electron chi connectivity index (χ2n) is 10.9. The number of piperidine rings is 1. The first-order valence-corrected chi connectivity index (χ1v) is 15.3. The Kier molecular flexibility index (Phi) is 8.07. The number of likely N-dealkylation sites (tertiary alicyclic amines) is 1. The Balaban J connectivity index is 1.35. The summed E-state index contributed by atoms with van der Waals surface area (Å²) in [6, 6.07) is 5.26.